The molecule has 0 atom stereocenters. The lowest BCUT2D eigenvalue weighted by atomic mass is 10.1. The van der Waals surface area contributed by atoms with Gasteiger partial charge in [0, 0.05) is 31.6 Å². The quantitative estimate of drug-likeness (QED) is 0.828. The SMILES string of the molecule is Cc1noc(C)c1CN1CCc2nc(N)[nH]c(=O)c2C1. The van der Waals surface area contributed by atoms with Gasteiger partial charge < -0.3 is 10.3 Å². The minimum absolute atomic E-state index is 0.143. The largest absolute Gasteiger partial charge is 0.369 e. The van der Waals surface area contributed by atoms with Gasteiger partial charge in [-0.1, -0.05) is 5.16 Å². The van der Waals surface area contributed by atoms with Crippen molar-refractivity contribution in [2.75, 3.05) is 12.3 Å². The predicted octanol–water partition coefficient (Wildman–Crippen LogP) is 0.515. The van der Waals surface area contributed by atoms with Crippen molar-refractivity contribution in [2.24, 2.45) is 0 Å². The number of nitrogen functional groups attached to an aromatic ring is 1. The highest BCUT2D eigenvalue weighted by Gasteiger charge is 2.22. The van der Waals surface area contributed by atoms with Crippen molar-refractivity contribution < 1.29 is 4.52 Å². The summed E-state index contributed by atoms with van der Waals surface area (Å²) in [6.45, 7) is 5.97. The van der Waals surface area contributed by atoms with E-state index in [1.54, 1.807) is 0 Å². The molecule has 1 aliphatic rings. The minimum Gasteiger partial charge on any atom is -0.369 e. The first-order valence-electron chi connectivity index (χ1n) is 6.56. The van der Waals surface area contributed by atoms with E-state index in [2.05, 4.69) is 20.0 Å². The van der Waals surface area contributed by atoms with E-state index in [0.717, 1.165) is 42.2 Å². The van der Waals surface area contributed by atoms with Crippen LogP contribution in [0.3, 0.4) is 0 Å². The lowest BCUT2D eigenvalue weighted by Crippen LogP contribution is -2.35. The molecule has 0 aliphatic carbocycles. The van der Waals surface area contributed by atoms with Crippen LogP contribution in [0.5, 0.6) is 0 Å². The van der Waals surface area contributed by atoms with Gasteiger partial charge in [0.25, 0.3) is 5.56 Å². The molecule has 2 aromatic heterocycles. The molecule has 2 aromatic rings. The average molecular weight is 275 g/mol. The van der Waals surface area contributed by atoms with E-state index in [1.165, 1.54) is 0 Å². The summed E-state index contributed by atoms with van der Waals surface area (Å²) in [4.78, 5) is 20.9. The number of rotatable bonds is 2. The van der Waals surface area contributed by atoms with Gasteiger partial charge in [-0.25, -0.2) is 4.98 Å². The Morgan fingerprint density at radius 2 is 2.25 bits per heavy atom. The Bertz CT molecular complexity index is 684. The summed E-state index contributed by atoms with van der Waals surface area (Å²) in [5.74, 6) is 1.02. The van der Waals surface area contributed by atoms with Gasteiger partial charge in [0.1, 0.15) is 5.76 Å². The number of nitrogens with zero attached hydrogens (tertiary/aromatic N) is 3. The molecule has 3 rings (SSSR count). The Kier molecular flexibility index (Phi) is 3.06. The van der Waals surface area contributed by atoms with Crippen molar-refractivity contribution in [3.63, 3.8) is 0 Å². The molecule has 20 heavy (non-hydrogen) atoms. The Labute approximate surface area is 115 Å². The van der Waals surface area contributed by atoms with Crippen LogP contribution in [-0.4, -0.2) is 26.6 Å². The van der Waals surface area contributed by atoms with E-state index >= 15 is 0 Å². The van der Waals surface area contributed by atoms with Gasteiger partial charge >= 0.3 is 0 Å². The van der Waals surface area contributed by atoms with Crippen molar-refractivity contribution in [2.45, 2.75) is 33.4 Å². The molecule has 0 fully saturated rings. The van der Waals surface area contributed by atoms with Crippen LogP contribution in [0.25, 0.3) is 0 Å². The summed E-state index contributed by atoms with van der Waals surface area (Å²) in [6, 6.07) is 0. The standard InChI is InChI=1S/C13H17N5O2/c1-7-9(8(2)20-17-7)5-18-4-3-11-10(6-18)12(19)16-13(14)15-11/h3-6H2,1-2H3,(H3,14,15,16,19). The lowest BCUT2D eigenvalue weighted by molar-refractivity contribution is 0.240. The molecule has 0 saturated carbocycles. The van der Waals surface area contributed by atoms with E-state index in [1.807, 2.05) is 13.8 Å². The fraction of sp³-hybridized carbons (Fsp3) is 0.462. The van der Waals surface area contributed by atoms with Gasteiger partial charge in [-0.05, 0) is 13.8 Å². The normalized spacial score (nSPS) is 15.3. The van der Waals surface area contributed by atoms with E-state index < -0.39 is 0 Å². The van der Waals surface area contributed by atoms with Gasteiger partial charge in [-0.2, -0.15) is 0 Å². The number of aromatic nitrogens is 3. The molecular weight excluding hydrogens is 258 g/mol. The molecule has 106 valence electrons. The highest BCUT2D eigenvalue weighted by molar-refractivity contribution is 5.28. The number of fused-ring (bicyclic) bond motifs is 1. The maximum absolute atomic E-state index is 11.9. The Balaban J connectivity index is 1.84. The molecule has 0 saturated heterocycles. The van der Waals surface area contributed by atoms with Gasteiger partial charge in [-0.3, -0.25) is 14.7 Å². The molecule has 0 bridgehead atoms. The molecule has 3 N–H and O–H groups in total. The summed E-state index contributed by atoms with van der Waals surface area (Å²) in [7, 11) is 0. The zero-order chi connectivity index (χ0) is 14.3. The first kappa shape index (κ1) is 12.9. The van der Waals surface area contributed by atoms with E-state index in [4.69, 9.17) is 10.3 Å². The van der Waals surface area contributed by atoms with Crippen LogP contribution in [0, 0.1) is 13.8 Å². The highest BCUT2D eigenvalue weighted by Crippen LogP contribution is 2.20. The second kappa shape index (κ2) is 4.75. The van der Waals surface area contributed by atoms with Crippen LogP contribution < -0.4 is 11.3 Å². The third-order valence-corrected chi connectivity index (χ3v) is 3.73. The topological polar surface area (TPSA) is 101 Å². The first-order chi connectivity index (χ1) is 9.54. The Hall–Kier alpha value is -2.15. The number of nitrogens with one attached hydrogen (secondary N) is 1. The molecule has 1 aliphatic heterocycles. The average Bonchev–Trinajstić information content (AvgIpc) is 2.71. The Morgan fingerprint density at radius 3 is 2.95 bits per heavy atom. The predicted molar refractivity (Wildman–Crippen MR) is 73.1 cm³/mol. The molecule has 7 nitrogen and oxygen atoms in total. The number of nitrogens with two attached hydrogens (primary N) is 1. The van der Waals surface area contributed by atoms with Crippen LogP contribution in [0.4, 0.5) is 5.95 Å². The fourth-order valence-electron chi connectivity index (χ4n) is 2.59. The third-order valence-electron chi connectivity index (χ3n) is 3.73. The molecule has 3 heterocycles. The monoisotopic (exact) mass is 275 g/mol. The number of aryl methyl sites for hydroxylation is 2. The number of H-pyrrole nitrogens is 1. The van der Waals surface area contributed by atoms with Crippen LogP contribution in [0.1, 0.15) is 28.3 Å². The van der Waals surface area contributed by atoms with Crippen LogP contribution in [0.15, 0.2) is 9.32 Å². The summed E-state index contributed by atoms with van der Waals surface area (Å²) in [5, 5.41) is 3.96. The van der Waals surface area contributed by atoms with E-state index in [9.17, 15) is 4.79 Å². The Morgan fingerprint density at radius 1 is 1.45 bits per heavy atom. The molecule has 0 spiro atoms. The van der Waals surface area contributed by atoms with Crippen molar-refractivity contribution in [3.05, 3.63) is 38.6 Å². The highest BCUT2D eigenvalue weighted by atomic mass is 16.5. The van der Waals surface area contributed by atoms with Crippen molar-refractivity contribution >= 4 is 5.95 Å². The van der Waals surface area contributed by atoms with E-state index in [-0.39, 0.29) is 11.5 Å². The lowest BCUT2D eigenvalue weighted by Gasteiger charge is -2.27. The van der Waals surface area contributed by atoms with Gasteiger partial charge in [0.15, 0.2) is 0 Å². The molecule has 0 aromatic carbocycles. The second-order valence-electron chi connectivity index (χ2n) is 5.14. The molecule has 0 unspecified atom stereocenters. The molecule has 0 radical (unpaired) electrons. The van der Waals surface area contributed by atoms with Crippen molar-refractivity contribution in [1.82, 2.24) is 20.0 Å². The zero-order valence-corrected chi connectivity index (χ0v) is 11.6. The first-order valence-corrected chi connectivity index (χ1v) is 6.56. The summed E-state index contributed by atoms with van der Waals surface area (Å²) in [5.41, 5.74) is 8.93. The van der Waals surface area contributed by atoms with E-state index in [0.29, 0.717) is 12.1 Å². The molecular formula is C13H17N5O2. The smallest absolute Gasteiger partial charge is 0.257 e. The van der Waals surface area contributed by atoms with Crippen LogP contribution in [-0.2, 0) is 19.5 Å². The number of hydrogen-bond acceptors (Lipinski definition) is 6. The van der Waals surface area contributed by atoms with Crippen molar-refractivity contribution in [3.8, 4) is 0 Å². The second-order valence-corrected chi connectivity index (χ2v) is 5.14. The number of anilines is 1. The number of hydrogen-bond donors (Lipinski definition) is 2. The van der Waals surface area contributed by atoms with Crippen LogP contribution in [0.2, 0.25) is 0 Å². The zero-order valence-electron chi connectivity index (χ0n) is 11.6. The minimum atomic E-state index is -0.143. The maximum Gasteiger partial charge on any atom is 0.257 e. The molecule has 7 heteroatoms. The van der Waals surface area contributed by atoms with Crippen molar-refractivity contribution in [1.29, 1.82) is 0 Å². The van der Waals surface area contributed by atoms with Gasteiger partial charge in [0.05, 0.1) is 17.0 Å². The molecule has 0 amide bonds. The summed E-state index contributed by atoms with van der Waals surface area (Å²) < 4.78 is 5.17. The number of aromatic amines is 1. The van der Waals surface area contributed by atoms with Gasteiger partial charge in [0.2, 0.25) is 5.95 Å². The van der Waals surface area contributed by atoms with Crippen LogP contribution >= 0.6 is 0 Å². The third kappa shape index (κ3) is 2.20. The summed E-state index contributed by atoms with van der Waals surface area (Å²) in [6.07, 6.45) is 0.729. The summed E-state index contributed by atoms with van der Waals surface area (Å²) >= 11 is 0. The maximum atomic E-state index is 11.9. The van der Waals surface area contributed by atoms with Gasteiger partial charge in [-0.15, -0.1) is 0 Å². The fourth-order valence-corrected chi connectivity index (χ4v) is 2.59.